The van der Waals surface area contributed by atoms with E-state index in [0.29, 0.717) is 13.1 Å². The number of rotatable bonds is 6. The summed E-state index contributed by atoms with van der Waals surface area (Å²) in [6.45, 7) is 1.88. The second-order valence-electron chi connectivity index (χ2n) is 6.34. The van der Waals surface area contributed by atoms with Gasteiger partial charge in [-0.1, -0.05) is 30.3 Å². The third-order valence-corrected chi connectivity index (χ3v) is 4.31. The summed E-state index contributed by atoms with van der Waals surface area (Å²) in [4.78, 5) is 13.6. The van der Waals surface area contributed by atoms with Crippen molar-refractivity contribution in [3.8, 4) is 5.75 Å². The predicted molar refractivity (Wildman–Crippen MR) is 97.8 cm³/mol. The van der Waals surface area contributed by atoms with Crippen LogP contribution in [0.5, 0.6) is 5.75 Å². The number of benzene rings is 2. The summed E-state index contributed by atoms with van der Waals surface area (Å²) in [5.74, 6) is 0.911. The summed E-state index contributed by atoms with van der Waals surface area (Å²) in [5, 5.41) is 6.12. The fourth-order valence-electron chi connectivity index (χ4n) is 2.97. The second-order valence-corrected chi connectivity index (χ2v) is 6.34. The SMILES string of the molecule is COc1ccc(C[NH+](C)CC(=O)N2CCC(c3ccccc3)=N2)cc1. The Morgan fingerprint density at radius 2 is 1.88 bits per heavy atom. The van der Waals surface area contributed by atoms with E-state index in [-0.39, 0.29) is 5.91 Å². The van der Waals surface area contributed by atoms with Crippen molar-refractivity contribution in [2.45, 2.75) is 13.0 Å². The number of nitrogens with one attached hydrogen (secondary N) is 1. The molecule has 0 bridgehead atoms. The molecule has 0 spiro atoms. The van der Waals surface area contributed by atoms with Crippen LogP contribution in [-0.4, -0.2) is 43.9 Å². The number of quaternary nitrogens is 1. The van der Waals surface area contributed by atoms with Crippen LogP contribution in [0.1, 0.15) is 17.5 Å². The number of ether oxygens (including phenoxy) is 1. The molecule has 130 valence electrons. The standard InChI is InChI=1S/C20H23N3O2/c1-22(14-16-8-10-18(25-2)11-9-16)15-20(24)23-13-12-19(21-23)17-6-4-3-5-7-17/h3-11H,12-15H2,1-2H3/p+1. The van der Waals surface area contributed by atoms with Gasteiger partial charge in [0.25, 0.3) is 5.91 Å². The van der Waals surface area contributed by atoms with E-state index in [1.807, 2.05) is 61.6 Å². The molecule has 1 aliphatic heterocycles. The van der Waals surface area contributed by atoms with Gasteiger partial charge in [-0.2, -0.15) is 5.10 Å². The van der Waals surface area contributed by atoms with Gasteiger partial charge < -0.3 is 9.64 Å². The van der Waals surface area contributed by atoms with Crippen LogP contribution in [0, 0.1) is 0 Å². The number of carbonyl (C=O) groups is 1. The van der Waals surface area contributed by atoms with E-state index < -0.39 is 0 Å². The maximum atomic E-state index is 12.5. The Labute approximate surface area is 148 Å². The third kappa shape index (κ3) is 4.45. The number of carbonyl (C=O) groups excluding carboxylic acids is 1. The van der Waals surface area contributed by atoms with Crippen molar-refractivity contribution < 1.29 is 14.4 Å². The lowest BCUT2D eigenvalue weighted by Gasteiger charge is -2.17. The smallest absolute Gasteiger partial charge is 0.297 e. The fraction of sp³-hybridized carbons (Fsp3) is 0.300. The average Bonchev–Trinajstić information content (AvgIpc) is 3.13. The molecule has 1 amide bonds. The van der Waals surface area contributed by atoms with E-state index in [1.165, 1.54) is 5.56 Å². The van der Waals surface area contributed by atoms with Crippen molar-refractivity contribution in [2.24, 2.45) is 5.10 Å². The van der Waals surface area contributed by atoms with Gasteiger partial charge in [0.05, 0.1) is 26.4 Å². The van der Waals surface area contributed by atoms with E-state index in [0.717, 1.165) is 34.9 Å². The van der Waals surface area contributed by atoms with Gasteiger partial charge in [-0.05, 0) is 29.8 Å². The van der Waals surface area contributed by atoms with Crippen molar-refractivity contribution in [1.29, 1.82) is 0 Å². The van der Waals surface area contributed by atoms with Crippen LogP contribution in [0.3, 0.4) is 0 Å². The first kappa shape index (κ1) is 17.2. The molecular formula is C20H24N3O2+. The highest BCUT2D eigenvalue weighted by atomic mass is 16.5. The molecule has 3 rings (SSSR count). The molecule has 5 heteroatoms. The van der Waals surface area contributed by atoms with Crippen LogP contribution in [0.2, 0.25) is 0 Å². The molecule has 0 aliphatic carbocycles. The molecule has 0 fully saturated rings. The molecule has 0 radical (unpaired) electrons. The molecule has 1 N–H and O–H groups in total. The zero-order chi connectivity index (χ0) is 17.6. The fourth-order valence-corrected chi connectivity index (χ4v) is 2.97. The molecule has 1 heterocycles. The minimum absolute atomic E-state index is 0.0666. The summed E-state index contributed by atoms with van der Waals surface area (Å²) in [6, 6.07) is 18.0. The van der Waals surface area contributed by atoms with Gasteiger partial charge in [0.2, 0.25) is 0 Å². The molecule has 1 aliphatic rings. The normalized spacial score (nSPS) is 15.0. The van der Waals surface area contributed by atoms with Crippen LogP contribution in [0.15, 0.2) is 59.7 Å². The summed E-state index contributed by atoms with van der Waals surface area (Å²) in [6.07, 6.45) is 0.813. The first-order chi connectivity index (χ1) is 12.2. The largest absolute Gasteiger partial charge is 0.497 e. The highest BCUT2D eigenvalue weighted by Gasteiger charge is 2.23. The highest BCUT2D eigenvalue weighted by Crippen LogP contribution is 2.13. The number of hydrogen-bond donors (Lipinski definition) is 1. The van der Waals surface area contributed by atoms with Crippen molar-refractivity contribution in [3.05, 3.63) is 65.7 Å². The van der Waals surface area contributed by atoms with Crippen LogP contribution < -0.4 is 9.64 Å². The molecule has 5 nitrogen and oxygen atoms in total. The Morgan fingerprint density at radius 3 is 2.56 bits per heavy atom. The average molecular weight is 338 g/mol. The van der Waals surface area contributed by atoms with E-state index in [1.54, 1.807) is 12.1 Å². The maximum Gasteiger partial charge on any atom is 0.297 e. The van der Waals surface area contributed by atoms with Crippen LogP contribution in [-0.2, 0) is 11.3 Å². The van der Waals surface area contributed by atoms with E-state index in [4.69, 9.17) is 4.74 Å². The lowest BCUT2D eigenvalue weighted by Crippen LogP contribution is -3.08. The maximum absolute atomic E-state index is 12.5. The molecular weight excluding hydrogens is 314 g/mol. The van der Waals surface area contributed by atoms with Gasteiger partial charge in [0, 0.05) is 12.0 Å². The number of amides is 1. The molecule has 25 heavy (non-hydrogen) atoms. The van der Waals surface area contributed by atoms with Crippen molar-refractivity contribution >= 4 is 11.6 Å². The lowest BCUT2D eigenvalue weighted by molar-refractivity contribution is -0.885. The van der Waals surface area contributed by atoms with Crippen LogP contribution in [0.25, 0.3) is 0 Å². The minimum Gasteiger partial charge on any atom is -0.497 e. The quantitative estimate of drug-likeness (QED) is 0.864. The van der Waals surface area contributed by atoms with E-state index in [2.05, 4.69) is 5.10 Å². The zero-order valence-corrected chi connectivity index (χ0v) is 14.7. The lowest BCUT2D eigenvalue weighted by atomic mass is 10.1. The molecule has 0 saturated heterocycles. The summed E-state index contributed by atoms with van der Waals surface area (Å²) in [5.41, 5.74) is 3.26. The van der Waals surface area contributed by atoms with Gasteiger partial charge in [0.15, 0.2) is 6.54 Å². The van der Waals surface area contributed by atoms with E-state index in [9.17, 15) is 4.79 Å². The van der Waals surface area contributed by atoms with Gasteiger partial charge in [-0.25, -0.2) is 5.01 Å². The number of nitrogens with zero attached hydrogens (tertiary/aromatic N) is 2. The monoisotopic (exact) mass is 338 g/mol. The Hall–Kier alpha value is -2.66. The summed E-state index contributed by atoms with van der Waals surface area (Å²) >= 11 is 0. The number of hydrogen-bond acceptors (Lipinski definition) is 3. The van der Waals surface area contributed by atoms with Gasteiger partial charge >= 0.3 is 0 Å². The van der Waals surface area contributed by atoms with Crippen molar-refractivity contribution in [3.63, 3.8) is 0 Å². The third-order valence-electron chi connectivity index (χ3n) is 4.31. The molecule has 2 aromatic carbocycles. The molecule has 0 aromatic heterocycles. The Bertz CT molecular complexity index is 741. The number of methoxy groups -OCH3 is 1. The van der Waals surface area contributed by atoms with Crippen LogP contribution >= 0.6 is 0 Å². The first-order valence-corrected chi connectivity index (χ1v) is 8.53. The first-order valence-electron chi connectivity index (χ1n) is 8.53. The number of hydrazone groups is 1. The van der Waals surface area contributed by atoms with Gasteiger partial charge in [-0.3, -0.25) is 4.79 Å². The Balaban J connectivity index is 1.55. The minimum atomic E-state index is 0.0666. The summed E-state index contributed by atoms with van der Waals surface area (Å²) in [7, 11) is 3.69. The topological polar surface area (TPSA) is 46.3 Å². The number of likely N-dealkylation sites (N-methyl/N-ethyl adjacent to an activating group) is 1. The summed E-state index contributed by atoms with van der Waals surface area (Å²) < 4.78 is 5.17. The second kappa shape index (κ2) is 7.94. The van der Waals surface area contributed by atoms with Crippen molar-refractivity contribution in [2.75, 3.05) is 27.2 Å². The molecule has 0 saturated carbocycles. The Morgan fingerprint density at radius 1 is 1.16 bits per heavy atom. The van der Waals surface area contributed by atoms with E-state index >= 15 is 0 Å². The zero-order valence-electron chi connectivity index (χ0n) is 14.7. The molecule has 2 aromatic rings. The molecule has 1 unspecified atom stereocenters. The highest BCUT2D eigenvalue weighted by molar-refractivity contribution is 6.02. The van der Waals surface area contributed by atoms with Gasteiger partial charge in [-0.15, -0.1) is 0 Å². The predicted octanol–water partition coefficient (Wildman–Crippen LogP) is 1.35. The van der Waals surface area contributed by atoms with Gasteiger partial charge in [0.1, 0.15) is 12.3 Å². The molecule has 1 atom stereocenters. The van der Waals surface area contributed by atoms with Crippen LogP contribution in [0.4, 0.5) is 0 Å². The Kier molecular flexibility index (Phi) is 5.46. The van der Waals surface area contributed by atoms with Crippen molar-refractivity contribution in [1.82, 2.24) is 5.01 Å².